The lowest BCUT2D eigenvalue weighted by Crippen LogP contribution is -2.33. The van der Waals surface area contributed by atoms with Gasteiger partial charge in [-0.3, -0.25) is 9.36 Å². The first kappa shape index (κ1) is 15.3. The number of aliphatic hydroxyl groups excluding tert-OH is 1. The number of aliphatic hydroxyl groups is 1. The van der Waals surface area contributed by atoms with Gasteiger partial charge in [0.25, 0.3) is 0 Å². The summed E-state index contributed by atoms with van der Waals surface area (Å²) in [5, 5.41) is 12.2. The number of oxazole rings is 1. The van der Waals surface area contributed by atoms with Gasteiger partial charge in [-0.15, -0.1) is 0 Å². The van der Waals surface area contributed by atoms with Crippen molar-refractivity contribution in [2.24, 2.45) is 0 Å². The zero-order valence-corrected chi connectivity index (χ0v) is 12.0. The van der Waals surface area contributed by atoms with Crippen molar-refractivity contribution in [2.45, 2.75) is 38.8 Å². The number of nitrogens with zero attached hydrogens (tertiary/aromatic N) is 1. The maximum atomic E-state index is 11.7. The van der Waals surface area contributed by atoms with Crippen LogP contribution in [0.25, 0.3) is 11.1 Å². The molecule has 1 aromatic heterocycles. The van der Waals surface area contributed by atoms with Gasteiger partial charge < -0.3 is 14.8 Å². The molecule has 1 aromatic carbocycles. The maximum Gasteiger partial charge on any atom is 0.419 e. The highest BCUT2D eigenvalue weighted by Gasteiger charge is 2.11. The number of carbonyl (C=O) groups is 1. The van der Waals surface area contributed by atoms with Crippen molar-refractivity contribution in [3.63, 3.8) is 0 Å². The van der Waals surface area contributed by atoms with Gasteiger partial charge >= 0.3 is 5.76 Å². The number of aryl methyl sites for hydroxylation is 1. The fraction of sp³-hybridized carbons (Fsp3) is 0.467. The summed E-state index contributed by atoms with van der Waals surface area (Å²) in [7, 11) is 0. The molecule has 2 rings (SSSR count). The molecular formula is C15H20N2O4. The first-order valence-corrected chi connectivity index (χ1v) is 7.15. The predicted octanol–water partition coefficient (Wildman–Crippen LogP) is 1.26. The average Bonchev–Trinajstić information content (AvgIpc) is 2.79. The molecule has 0 bridgehead atoms. The number of nitrogens with one attached hydrogen (secondary N) is 1. The number of para-hydroxylation sites is 2. The lowest BCUT2D eigenvalue weighted by molar-refractivity contribution is -0.121. The number of rotatable bonds is 7. The highest BCUT2D eigenvalue weighted by atomic mass is 16.4. The molecule has 1 unspecified atom stereocenters. The zero-order chi connectivity index (χ0) is 15.2. The van der Waals surface area contributed by atoms with E-state index in [1.165, 1.54) is 4.57 Å². The molecule has 0 spiro atoms. The Labute approximate surface area is 122 Å². The largest absolute Gasteiger partial charge is 0.419 e. The second kappa shape index (κ2) is 7.08. The van der Waals surface area contributed by atoms with E-state index in [0.717, 1.165) is 6.42 Å². The van der Waals surface area contributed by atoms with Gasteiger partial charge in [0.15, 0.2) is 5.58 Å². The quantitative estimate of drug-likeness (QED) is 0.804. The van der Waals surface area contributed by atoms with E-state index in [1.807, 2.05) is 13.0 Å². The van der Waals surface area contributed by atoms with Crippen molar-refractivity contribution in [2.75, 3.05) is 6.54 Å². The molecular weight excluding hydrogens is 272 g/mol. The molecule has 2 aromatic rings. The van der Waals surface area contributed by atoms with Gasteiger partial charge in [0.05, 0.1) is 11.6 Å². The molecule has 1 atom stereocenters. The van der Waals surface area contributed by atoms with Crippen molar-refractivity contribution in [3.05, 3.63) is 34.8 Å². The number of benzene rings is 1. The Balaban J connectivity index is 1.91. The third-order valence-electron chi connectivity index (χ3n) is 3.29. The van der Waals surface area contributed by atoms with Crippen molar-refractivity contribution in [1.29, 1.82) is 0 Å². The van der Waals surface area contributed by atoms with Crippen LogP contribution < -0.4 is 11.1 Å². The molecule has 0 aliphatic rings. The standard InChI is InChI=1S/C15H20N2O4/c1-2-5-11(18)10-16-14(19)8-9-17-12-6-3-4-7-13(12)21-15(17)20/h3-4,6-7,11,18H,2,5,8-10H2,1H3,(H,16,19). The van der Waals surface area contributed by atoms with Gasteiger partial charge in [-0.1, -0.05) is 25.5 Å². The Kier molecular flexibility index (Phi) is 5.16. The Bertz CT molecular complexity index is 659. The molecule has 0 fully saturated rings. The molecule has 2 N–H and O–H groups in total. The van der Waals surface area contributed by atoms with Crippen molar-refractivity contribution >= 4 is 17.0 Å². The van der Waals surface area contributed by atoms with Crippen LogP contribution in [0.1, 0.15) is 26.2 Å². The maximum absolute atomic E-state index is 11.7. The summed E-state index contributed by atoms with van der Waals surface area (Å²) in [6, 6.07) is 7.10. The van der Waals surface area contributed by atoms with Crippen molar-refractivity contribution < 1.29 is 14.3 Å². The fourth-order valence-corrected chi connectivity index (χ4v) is 2.19. The number of fused-ring (bicyclic) bond motifs is 1. The molecule has 0 aliphatic heterocycles. The summed E-state index contributed by atoms with van der Waals surface area (Å²) in [4.78, 5) is 23.5. The average molecular weight is 292 g/mol. The number of aromatic nitrogens is 1. The van der Waals surface area contributed by atoms with Crippen molar-refractivity contribution in [3.8, 4) is 0 Å². The smallest absolute Gasteiger partial charge is 0.408 e. The van der Waals surface area contributed by atoms with Crippen LogP contribution in [0.2, 0.25) is 0 Å². The third-order valence-corrected chi connectivity index (χ3v) is 3.29. The lowest BCUT2D eigenvalue weighted by atomic mass is 10.2. The van der Waals surface area contributed by atoms with Crippen LogP contribution in [-0.4, -0.2) is 28.2 Å². The molecule has 114 valence electrons. The first-order valence-electron chi connectivity index (χ1n) is 7.15. The number of hydrogen-bond acceptors (Lipinski definition) is 4. The SMILES string of the molecule is CCCC(O)CNC(=O)CCn1c(=O)oc2ccccc21. The van der Waals surface area contributed by atoms with E-state index >= 15 is 0 Å². The summed E-state index contributed by atoms with van der Waals surface area (Å²) in [6.45, 7) is 2.47. The minimum absolute atomic E-state index is 0.169. The summed E-state index contributed by atoms with van der Waals surface area (Å²) in [5.41, 5.74) is 1.20. The van der Waals surface area contributed by atoms with E-state index in [9.17, 15) is 14.7 Å². The van der Waals surface area contributed by atoms with E-state index in [-0.39, 0.29) is 25.4 Å². The van der Waals surface area contributed by atoms with Crippen LogP contribution in [0.15, 0.2) is 33.5 Å². The van der Waals surface area contributed by atoms with Crippen LogP contribution in [0.4, 0.5) is 0 Å². The summed E-state index contributed by atoms with van der Waals surface area (Å²) < 4.78 is 6.54. The fourth-order valence-electron chi connectivity index (χ4n) is 2.19. The van der Waals surface area contributed by atoms with E-state index in [4.69, 9.17) is 4.42 Å². The van der Waals surface area contributed by atoms with Crippen LogP contribution in [0.5, 0.6) is 0 Å². The molecule has 6 heteroatoms. The minimum Gasteiger partial charge on any atom is -0.408 e. The highest BCUT2D eigenvalue weighted by molar-refractivity contribution is 5.76. The van der Waals surface area contributed by atoms with E-state index < -0.39 is 11.9 Å². The van der Waals surface area contributed by atoms with Crippen LogP contribution in [0.3, 0.4) is 0 Å². The Morgan fingerprint density at radius 2 is 2.19 bits per heavy atom. The van der Waals surface area contributed by atoms with Gasteiger partial charge in [-0.2, -0.15) is 0 Å². The van der Waals surface area contributed by atoms with Gasteiger partial charge in [0.1, 0.15) is 0 Å². The predicted molar refractivity (Wildman–Crippen MR) is 79.0 cm³/mol. The highest BCUT2D eigenvalue weighted by Crippen LogP contribution is 2.11. The molecule has 0 aliphatic carbocycles. The second-order valence-electron chi connectivity index (χ2n) is 4.98. The van der Waals surface area contributed by atoms with Gasteiger partial charge in [-0.25, -0.2) is 4.79 Å². The zero-order valence-electron chi connectivity index (χ0n) is 12.0. The topological polar surface area (TPSA) is 84.5 Å². The van der Waals surface area contributed by atoms with Crippen LogP contribution >= 0.6 is 0 Å². The molecule has 0 saturated carbocycles. The molecule has 0 saturated heterocycles. The molecule has 0 radical (unpaired) electrons. The van der Waals surface area contributed by atoms with Gasteiger partial charge in [0.2, 0.25) is 5.91 Å². The number of amides is 1. The third kappa shape index (κ3) is 3.95. The monoisotopic (exact) mass is 292 g/mol. The molecule has 6 nitrogen and oxygen atoms in total. The van der Waals surface area contributed by atoms with Crippen LogP contribution in [0, 0.1) is 0 Å². The van der Waals surface area contributed by atoms with E-state index in [2.05, 4.69) is 5.32 Å². The Morgan fingerprint density at radius 3 is 2.95 bits per heavy atom. The normalized spacial score (nSPS) is 12.5. The van der Waals surface area contributed by atoms with Crippen molar-refractivity contribution in [1.82, 2.24) is 9.88 Å². The van der Waals surface area contributed by atoms with E-state index in [1.54, 1.807) is 18.2 Å². The molecule has 1 amide bonds. The van der Waals surface area contributed by atoms with Crippen LogP contribution in [-0.2, 0) is 11.3 Å². The Hall–Kier alpha value is -2.08. The lowest BCUT2D eigenvalue weighted by Gasteiger charge is -2.10. The minimum atomic E-state index is -0.517. The summed E-state index contributed by atoms with van der Waals surface area (Å²) >= 11 is 0. The number of hydrogen-bond donors (Lipinski definition) is 2. The summed E-state index contributed by atoms with van der Waals surface area (Å²) in [5.74, 6) is -0.655. The molecule has 1 heterocycles. The van der Waals surface area contributed by atoms with E-state index in [0.29, 0.717) is 17.5 Å². The Morgan fingerprint density at radius 1 is 1.43 bits per heavy atom. The number of carbonyl (C=O) groups excluding carboxylic acids is 1. The second-order valence-corrected chi connectivity index (χ2v) is 4.98. The van der Waals surface area contributed by atoms with Gasteiger partial charge in [0, 0.05) is 19.5 Å². The van der Waals surface area contributed by atoms with Gasteiger partial charge in [-0.05, 0) is 18.6 Å². The first-order chi connectivity index (χ1) is 10.1. The molecule has 21 heavy (non-hydrogen) atoms. The summed E-state index contributed by atoms with van der Waals surface area (Å²) in [6.07, 6.45) is 1.18.